The Hall–Kier alpha value is -3.42. The molecule has 33 heavy (non-hydrogen) atoms. The molecule has 1 atom stereocenters. The van der Waals surface area contributed by atoms with E-state index < -0.39 is 0 Å². The van der Waals surface area contributed by atoms with Crippen LogP contribution < -0.4 is 15.4 Å². The molecule has 0 spiro atoms. The Morgan fingerprint density at radius 2 is 1.91 bits per heavy atom. The molecular formula is C25H31N5O3. The second-order valence-electron chi connectivity index (χ2n) is 8.40. The molecule has 0 saturated heterocycles. The molecule has 0 bridgehead atoms. The number of benzene rings is 1. The zero-order valence-corrected chi connectivity index (χ0v) is 19.4. The highest BCUT2D eigenvalue weighted by atomic mass is 16.5. The number of carbonyl (C=O) groups is 2. The normalized spacial score (nSPS) is 15.4. The fourth-order valence-corrected chi connectivity index (χ4v) is 4.25. The molecule has 2 heterocycles. The average molecular weight is 450 g/mol. The van der Waals surface area contributed by atoms with Gasteiger partial charge in [-0.3, -0.25) is 9.59 Å². The lowest BCUT2D eigenvalue weighted by atomic mass is 9.94. The predicted octanol–water partition coefficient (Wildman–Crippen LogP) is 4.26. The first-order valence-electron chi connectivity index (χ1n) is 11.7. The Balaban J connectivity index is 1.59. The topological polar surface area (TPSA) is 98.1 Å². The molecule has 1 saturated carbocycles. The Morgan fingerprint density at radius 3 is 2.58 bits per heavy atom. The predicted molar refractivity (Wildman–Crippen MR) is 128 cm³/mol. The summed E-state index contributed by atoms with van der Waals surface area (Å²) in [5, 5.41) is 11.9. The van der Waals surface area contributed by atoms with Crippen molar-refractivity contribution in [3.05, 3.63) is 47.8 Å². The van der Waals surface area contributed by atoms with Crippen LogP contribution in [0.1, 0.15) is 68.4 Å². The van der Waals surface area contributed by atoms with Gasteiger partial charge in [-0.25, -0.2) is 9.67 Å². The quantitative estimate of drug-likeness (QED) is 0.533. The van der Waals surface area contributed by atoms with E-state index in [0.29, 0.717) is 37.3 Å². The zero-order chi connectivity index (χ0) is 23.4. The highest BCUT2D eigenvalue weighted by Gasteiger charge is 2.24. The number of nitrogens with zero attached hydrogens (tertiary/aromatic N) is 3. The van der Waals surface area contributed by atoms with Gasteiger partial charge in [-0.2, -0.15) is 5.10 Å². The largest absolute Gasteiger partial charge is 0.494 e. The Morgan fingerprint density at radius 1 is 1.18 bits per heavy atom. The molecule has 2 N–H and O–H groups in total. The smallest absolute Gasteiger partial charge is 0.255 e. The van der Waals surface area contributed by atoms with E-state index in [4.69, 9.17) is 4.74 Å². The summed E-state index contributed by atoms with van der Waals surface area (Å²) in [4.78, 5) is 29.6. The van der Waals surface area contributed by atoms with Crippen LogP contribution in [0.5, 0.6) is 5.75 Å². The van der Waals surface area contributed by atoms with Crippen molar-refractivity contribution < 1.29 is 14.3 Å². The number of aryl methyl sites for hydroxylation is 1. The van der Waals surface area contributed by atoms with Crippen LogP contribution in [0.3, 0.4) is 0 Å². The van der Waals surface area contributed by atoms with Crippen LogP contribution in [0.4, 0.5) is 5.69 Å². The minimum Gasteiger partial charge on any atom is -0.494 e. The second kappa shape index (κ2) is 10.0. The van der Waals surface area contributed by atoms with Crippen molar-refractivity contribution in [2.45, 2.75) is 65.1 Å². The SMILES string of the molecule is CCOc1ccc(C(C)NC(=O)c2cnc3c(cnn3CC)c2NC2CCC(=O)CC2)cc1. The van der Waals surface area contributed by atoms with Crippen LogP contribution in [0.15, 0.2) is 36.7 Å². The van der Waals surface area contributed by atoms with Gasteiger partial charge in [0.2, 0.25) is 0 Å². The third-order valence-corrected chi connectivity index (χ3v) is 6.14. The summed E-state index contributed by atoms with van der Waals surface area (Å²) in [5.74, 6) is 0.901. The van der Waals surface area contributed by atoms with Gasteiger partial charge in [-0.15, -0.1) is 0 Å². The van der Waals surface area contributed by atoms with Crippen LogP contribution in [-0.4, -0.2) is 39.1 Å². The van der Waals surface area contributed by atoms with E-state index in [1.165, 1.54) is 0 Å². The third-order valence-electron chi connectivity index (χ3n) is 6.14. The van der Waals surface area contributed by atoms with Crippen molar-refractivity contribution in [1.29, 1.82) is 0 Å². The van der Waals surface area contributed by atoms with Crippen molar-refractivity contribution in [3.8, 4) is 5.75 Å². The van der Waals surface area contributed by atoms with Crippen molar-refractivity contribution in [1.82, 2.24) is 20.1 Å². The summed E-state index contributed by atoms with van der Waals surface area (Å²) in [6, 6.07) is 7.68. The van der Waals surface area contributed by atoms with Gasteiger partial charge in [0.25, 0.3) is 5.91 Å². The standard InChI is InChI=1S/C25H31N5O3/c1-4-30-24-21(15-27-30)23(29-18-8-10-19(31)11-9-18)22(14-26-24)25(32)28-16(3)17-6-12-20(13-7-17)33-5-2/h6-7,12-16,18H,4-5,8-11H2,1-3H3,(H,26,29)(H,28,32). The molecule has 1 fully saturated rings. The van der Waals surface area contributed by atoms with Gasteiger partial charge in [0, 0.05) is 31.6 Å². The monoisotopic (exact) mass is 449 g/mol. The van der Waals surface area contributed by atoms with E-state index in [9.17, 15) is 9.59 Å². The lowest BCUT2D eigenvalue weighted by Crippen LogP contribution is -2.30. The van der Waals surface area contributed by atoms with E-state index in [-0.39, 0.29) is 18.0 Å². The van der Waals surface area contributed by atoms with E-state index >= 15 is 0 Å². The number of pyridine rings is 1. The van der Waals surface area contributed by atoms with Crippen LogP contribution >= 0.6 is 0 Å². The van der Waals surface area contributed by atoms with Gasteiger partial charge < -0.3 is 15.4 Å². The van der Waals surface area contributed by atoms with Gasteiger partial charge in [0.05, 0.1) is 35.5 Å². The number of hydrogen-bond acceptors (Lipinski definition) is 6. The van der Waals surface area contributed by atoms with E-state index in [2.05, 4.69) is 20.7 Å². The van der Waals surface area contributed by atoms with Gasteiger partial charge in [0.1, 0.15) is 11.5 Å². The molecule has 1 aliphatic rings. The lowest BCUT2D eigenvalue weighted by molar-refractivity contribution is -0.120. The molecule has 4 rings (SSSR count). The number of ketones is 1. The number of ether oxygens (including phenoxy) is 1. The highest BCUT2D eigenvalue weighted by Crippen LogP contribution is 2.30. The van der Waals surface area contributed by atoms with Crippen LogP contribution in [0.25, 0.3) is 11.0 Å². The molecule has 0 aliphatic heterocycles. The van der Waals surface area contributed by atoms with Gasteiger partial charge >= 0.3 is 0 Å². The molecule has 3 aromatic rings. The maximum absolute atomic E-state index is 13.3. The van der Waals surface area contributed by atoms with E-state index in [1.807, 2.05) is 49.7 Å². The van der Waals surface area contributed by atoms with Crippen LogP contribution in [0, 0.1) is 0 Å². The molecule has 8 heteroatoms. The Bertz CT molecular complexity index is 1130. The first-order valence-corrected chi connectivity index (χ1v) is 11.7. The van der Waals surface area contributed by atoms with Crippen LogP contribution in [0.2, 0.25) is 0 Å². The first-order chi connectivity index (χ1) is 16.0. The number of Topliss-reactive ketones (excluding diaryl/α,β-unsaturated/α-hetero) is 1. The summed E-state index contributed by atoms with van der Waals surface area (Å²) in [7, 11) is 0. The number of carbonyl (C=O) groups excluding carboxylic acids is 2. The van der Waals surface area contributed by atoms with Crippen molar-refractivity contribution in [2.75, 3.05) is 11.9 Å². The molecule has 2 aromatic heterocycles. The summed E-state index contributed by atoms with van der Waals surface area (Å²) in [5.41, 5.74) is 2.94. The maximum Gasteiger partial charge on any atom is 0.255 e. The highest BCUT2D eigenvalue weighted by molar-refractivity contribution is 6.06. The van der Waals surface area contributed by atoms with Crippen molar-refractivity contribution >= 4 is 28.4 Å². The average Bonchev–Trinajstić information content (AvgIpc) is 3.25. The maximum atomic E-state index is 13.3. The number of fused-ring (bicyclic) bond motifs is 1. The Labute approximate surface area is 193 Å². The molecule has 1 aromatic carbocycles. The molecule has 1 unspecified atom stereocenters. The molecule has 8 nitrogen and oxygen atoms in total. The van der Waals surface area contributed by atoms with Crippen molar-refractivity contribution in [2.24, 2.45) is 0 Å². The lowest BCUT2D eigenvalue weighted by Gasteiger charge is -2.25. The minimum absolute atomic E-state index is 0.133. The van der Waals surface area contributed by atoms with Crippen LogP contribution in [-0.2, 0) is 11.3 Å². The zero-order valence-electron chi connectivity index (χ0n) is 19.4. The minimum atomic E-state index is -0.204. The summed E-state index contributed by atoms with van der Waals surface area (Å²) < 4.78 is 7.32. The second-order valence-corrected chi connectivity index (χ2v) is 8.40. The molecule has 1 amide bonds. The third kappa shape index (κ3) is 4.99. The number of aromatic nitrogens is 3. The first kappa shape index (κ1) is 22.8. The number of rotatable bonds is 8. The fourth-order valence-electron chi connectivity index (χ4n) is 4.25. The molecule has 1 aliphatic carbocycles. The number of amides is 1. The fraction of sp³-hybridized carbons (Fsp3) is 0.440. The van der Waals surface area contributed by atoms with Gasteiger partial charge in [-0.1, -0.05) is 12.1 Å². The molecular weight excluding hydrogens is 418 g/mol. The summed E-state index contributed by atoms with van der Waals surface area (Å²) in [6.45, 7) is 7.21. The van der Waals surface area contributed by atoms with E-state index in [1.54, 1.807) is 12.4 Å². The number of nitrogens with one attached hydrogen (secondary N) is 2. The summed E-state index contributed by atoms with van der Waals surface area (Å²) in [6.07, 6.45) is 6.02. The van der Waals surface area contributed by atoms with Crippen molar-refractivity contribution in [3.63, 3.8) is 0 Å². The molecule has 174 valence electrons. The summed E-state index contributed by atoms with van der Waals surface area (Å²) >= 11 is 0. The van der Waals surface area contributed by atoms with Gasteiger partial charge in [-0.05, 0) is 51.3 Å². The number of anilines is 1. The van der Waals surface area contributed by atoms with Gasteiger partial charge in [0.15, 0.2) is 5.65 Å². The Kier molecular flexibility index (Phi) is 6.91. The number of hydrogen-bond donors (Lipinski definition) is 2. The van der Waals surface area contributed by atoms with E-state index in [0.717, 1.165) is 40.9 Å². The molecule has 0 radical (unpaired) electrons.